The molecule has 1 aromatic heterocycles. The molecule has 1 aromatic rings. The first kappa shape index (κ1) is 10.2. The van der Waals surface area contributed by atoms with Crippen molar-refractivity contribution in [3.05, 3.63) is 12.2 Å². The molecule has 0 fully saturated rings. The Bertz CT molecular complexity index is 259. The molecule has 0 unspecified atom stereocenters. The third kappa shape index (κ3) is 3.14. The van der Waals surface area contributed by atoms with Crippen LogP contribution in [0.5, 0.6) is 0 Å². The highest BCUT2D eigenvalue weighted by molar-refractivity contribution is 4.85. The average Bonchev–Trinajstić information content (AvgIpc) is 2.46. The van der Waals surface area contributed by atoms with Crippen LogP contribution in [0.2, 0.25) is 0 Å². The molecule has 0 aliphatic rings. The summed E-state index contributed by atoms with van der Waals surface area (Å²) in [7, 11) is 0. The minimum Gasteiger partial charge on any atom is -0.305 e. The largest absolute Gasteiger partial charge is 0.305 e. The van der Waals surface area contributed by atoms with E-state index in [0.29, 0.717) is 0 Å². The monoisotopic (exact) mass is 182 g/mol. The van der Waals surface area contributed by atoms with E-state index < -0.39 is 0 Å². The molecule has 0 atom stereocenters. The van der Waals surface area contributed by atoms with Gasteiger partial charge in [-0.15, -0.1) is 0 Å². The van der Waals surface area contributed by atoms with Crippen LogP contribution in [0.15, 0.2) is 6.33 Å². The fraction of sp³-hybridized carbons (Fsp3) is 0.778. The second kappa shape index (κ2) is 3.87. The van der Waals surface area contributed by atoms with Crippen LogP contribution in [-0.2, 0) is 13.1 Å². The first-order valence-corrected chi connectivity index (χ1v) is 4.64. The van der Waals surface area contributed by atoms with Crippen LogP contribution in [0.1, 0.15) is 33.5 Å². The zero-order valence-electron chi connectivity index (χ0n) is 8.83. The highest BCUT2D eigenvalue weighted by atomic mass is 15.3. The Kier molecular flexibility index (Phi) is 3.03. The van der Waals surface area contributed by atoms with Gasteiger partial charge >= 0.3 is 0 Å². The molecule has 0 amide bonds. The predicted octanol–water partition coefficient (Wildman–Crippen LogP) is 1.19. The van der Waals surface area contributed by atoms with Crippen molar-refractivity contribution in [1.29, 1.82) is 0 Å². The summed E-state index contributed by atoms with van der Waals surface area (Å²) in [6, 6.07) is 0. The fourth-order valence-electron chi connectivity index (χ4n) is 1.03. The van der Waals surface area contributed by atoms with Crippen molar-refractivity contribution in [1.82, 2.24) is 20.1 Å². The number of hydrogen-bond acceptors (Lipinski definition) is 3. The van der Waals surface area contributed by atoms with Gasteiger partial charge in [-0.1, -0.05) is 0 Å². The summed E-state index contributed by atoms with van der Waals surface area (Å²) in [6.07, 6.45) is 1.60. The lowest BCUT2D eigenvalue weighted by Gasteiger charge is -2.20. The van der Waals surface area contributed by atoms with Crippen LogP contribution < -0.4 is 5.32 Å². The van der Waals surface area contributed by atoms with E-state index >= 15 is 0 Å². The molecule has 4 heteroatoms. The molecule has 74 valence electrons. The van der Waals surface area contributed by atoms with Crippen LogP contribution in [0.4, 0.5) is 0 Å². The average molecular weight is 182 g/mol. The number of aromatic nitrogens is 3. The van der Waals surface area contributed by atoms with E-state index in [2.05, 4.69) is 43.1 Å². The summed E-state index contributed by atoms with van der Waals surface area (Å²) < 4.78 is 1.90. The quantitative estimate of drug-likeness (QED) is 0.763. The Morgan fingerprint density at radius 2 is 2.15 bits per heavy atom. The number of rotatable bonds is 3. The fourth-order valence-corrected chi connectivity index (χ4v) is 1.03. The van der Waals surface area contributed by atoms with E-state index in [4.69, 9.17) is 0 Å². The standard InChI is InChI=1S/C9H18N4/c1-5-13-8(10-7-12-13)6-11-9(2,3)4/h7,11H,5-6H2,1-4H3. The summed E-state index contributed by atoms with van der Waals surface area (Å²) in [5.74, 6) is 0.998. The van der Waals surface area contributed by atoms with Crippen LogP contribution in [-0.4, -0.2) is 20.3 Å². The second-order valence-corrected chi connectivity index (χ2v) is 4.10. The second-order valence-electron chi connectivity index (χ2n) is 4.10. The van der Waals surface area contributed by atoms with Crippen molar-refractivity contribution in [2.45, 2.75) is 46.3 Å². The van der Waals surface area contributed by atoms with Crippen LogP contribution >= 0.6 is 0 Å². The summed E-state index contributed by atoms with van der Waals surface area (Å²) in [6.45, 7) is 10.1. The zero-order valence-corrected chi connectivity index (χ0v) is 8.83. The van der Waals surface area contributed by atoms with Gasteiger partial charge in [-0.25, -0.2) is 9.67 Å². The molecule has 1 heterocycles. The minimum atomic E-state index is 0.129. The smallest absolute Gasteiger partial charge is 0.140 e. The highest BCUT2D eigenvalue weighted by Gasteiger charge is 2.10. The van der Waals surface area contributed by atoms with Gasteiger partial charge in [0.15, 0.2) is 0 Å². The summed E-state index contributed by atoms with van der Waals surface area (Å²) >= 11 is 0. The van der Waals surface area contributed by atoms with Crippen molar-refractivity contribution < 1.29 is 0 Å². The predicted molar refractivity (Wildman–Crippen MR) is 52.3 cm³/mol. The Balaban J connectivity index is 2.54. The van der Waals surface area contributed by atoms with Crippen molar-refractivity contribution >= 4 is 0 Å². The first-order valence-electron chi connectivity index (χ1n) is 4.64. The van der Waals surface area contributed by atoms with E-state index in [9.17, 15) is 0 Å². The van der Waals surface area contributed by atoms with Gasteiger partial charge in [-0.2, -0.15) is 5.10 Å². The van der Waals surface area contributed by atoms with E-state index in [-0.39, 0.29) is 5.54 Å². The van der Waals surface area contributed by atoms with Gasteiger partial charge in [0.2, 0.25) is 0 Å². The molecule has 1 N–H and O–H groups in total. The van der Waals surface area contributed by atoms with Crippen molar-refractivity contribution in [2.75, 3.05) is 0 Å². The molecule has 0 aliphatic carbocycles. The normalized spacial score (nSPS) is 12.0. The Morgan fingerprint density at radius 3 is 2.69 bits per heavy atom. The van der Waals surface area contributed by atoms with E-state index in [0.717, 1.165) is 18.9 Å². The topological polar surface area (TPSA) is 42.7 Å². The Morgan fingerprint density at radius 1 is 1.46 bits per heavy atom. The molecule has 0 saturated carbocycles. The number of nitrogens with zero attached hydrogens (tertiary/aromatic N) is 3. The summed E-state index contributed by atoms with van der Waals surface area (Å²) in [5, 5.41) is 7.48. The number of hydrogen-bond donors (Lipinski definition) is 1. The lowest BCUT2D eigenvalue weighted by molar-refractivity contribution is 0.409. The van der Waals surface area contributed by atoms with Crippen molar-refractivity contribution in [3.63, 3.8) is 0 Å². The Labute approximate surface area is 79.4 Å². The Hall–Kier alpha value is -0.900. The third-order valence-corrected chi connectivity index (χ3v) is 1.77. The van der Waals surface area contributed by atoms with Crippen LogP contribution in [0, 0.1) is 0 Å². The molecular formula is C9H18N4. The molecule has 0 radical (unpaired) electrons. The molecule has 0 aliphatic heterocycles. The highest BCUT2D eigenvalue weighted by Crippen LogP contribution is 2.01. The lowest BCUT2D eigenvalue weighted by Crippen LogP contribution is -2.36. The van der Waals surface area contributed by atoms with Crippen LogP contribution in [0.25, 0.3) is 0 Å². The molecule has 0 spiro atoms. The third-order valence-electron chi connectivity index (χ3n) is 1.77. The van der Waals surface area contributed by atoms with Crippen LogP contribution in [0.3, 0.4) is 0 Å². The van der Waals surface area contributed by atoms with Crippen molar-refractivity contribution in [2.24, 2.45) is 0 Å². The van der Waals surface area contributed by atoms with Gasteiger partial charge in [-0.3, -0.25) is 0 Å². The number of nitrogens with one attached hydrogen (secondary N) is 1. The van der Waals surface area contributed by atoms with Gasteiger partial charge < -0.3 is 5.32 Å². The molecule has 0 saturated heterocycles. The minimum absolute atomic E-state index is 0.129. The van der Waals surface area contributed by atoms with Gasteiger partial charge in [0.05, 0.1) is 6.54 Å². The van der Waals surface area contributed by atoms with Gasteiger partial charge in [0.25, 0.3) is 0 Å². The van der Waals surface area contributed by atoms with Gasteiger partial charge in [0, 0.05) is 12.1 Å². The molecule has 4 nitrogen and oxygen atoms in total. The molecule has 13 heavy (non-hydrogen) atoms. The van der Waals surface area contributed by atoms with E-state index in [1.165, 1.54) is 0 Å². The maximum absolute atomic E-state index is 4.18. The maximum Gasteiger partial charge on any atom is 0.140 e. The maximum atomic E-state index is 4.18. The molecular weight excluding hydrogens is 164 g/mol. The zero-order chi connectivity index (χ0) is 9.90. The van der Waals surface area contributed by atoms with E-state index in [1.807, 2.05) is 4.68 Å². The SMILES string of the molecule is CCn1ncnc1CNC(C)(C)C. The lowest BCUT2D eigenvalue weighted by atomic mass is 10.1. The van der Waals surface area contributed by atoms with Crippen molar-refractivity contribution in [3.8, 4) is 0 Å². The molecule has 0 bridgehead atoms. The van der Waals surface area contributed by atoms with E-state index in [1.54, 1.807) is 6.33 Å². The van der Waals surface area contributed by atoms with Gasteiger partial charge in [-0.05, 0) is 27.7 Å². The molecule has 1 rings (SSSR count). The first-order chi connectivity index (χ1) is 6.03. The number of aryl methyl sites for hydroxylation is 1. The molecule has 0 aromatic carbocycles. The summed E-state index contributed by atoms with van der Waals surface area (Å²) in [5.41, 5.74) is 0.129. The summed E-state index contributed by atoms with van der Waals surface area (Å²) in [4.78, 5) is 4.18. The van der Waals surface area contributed by atoms with Gasteiger partial charge in [0.1, 0.15) is 12.2 Å².